The van der Waals surface area contributed by atoms with Gasteiger partial charge in [-0.3, -0.25) is 0 Å². The molecule has 0 aliphatic heterocycles. The zero-order valence-electron chi connectivity index (χ0n) is 11.4. The van der Waals surface area contributed by atoms with Gasteiger partial charge in [0, 0.05) is 20.3 Å². The van der Waals surface area contributed by atoms with Crippen LogP contribution in [0.5, 0.6) is 0 Å². The first-order chi connectivity index (χ1) is 8.91. The molecule has 1 aromatic heterocycles. The van der Waals surface area contributed by atoms with Crippen LogP contribution >= 0.6 is 0 Å². The van der Waals surface area contributed by atoms with Gasteiger partial charge in [-0.2, -0.15) is 0 Å². The Morgan fingerprint density at radius 2 is 2.16 bits per heavy atom. The second-order valence-corrected chi connectivity index (χ2v) is 6.47. The Hall–Kier alpha value is -1.58. The Kier molecular flexibility index (Phi) is 5.33. The highest BCUT2D eigenvalue weighted by Gasteiger charge is 2.17. The molecule has 1 N–H and O–H groups in total. The van der Waals surface area contributed by atoms with E-state index < -0.39 is 10.0 Å². The number of rotatable bonds is 6. The van der Waals surface area contributed by atoms with Crippen LogP contribution in [0, 0.1) is 12.3 Å². The number of anilines is 1. The summed E-state index contributed by atoms with van der Waals surface area (Å²) in [4.78, 5) is 4.25. The van der Waals surface area contributed by atoms with Gasteiger partial charge in [0.05, 0.1) is 6.04 Å². The lowest BCUT2D eigenvalue weighted by Crippen LogP contribution is -2.22. The van der Waals surface area contributed by atoms with Crippen LogP contribution in [-0.2, 0) is 10.0 Å². The molecule has 0 saturated carbocycles. The fraction of sp³-hybridized carbons (Fsp3) is 0.462. The first kappa shape index (κ1) is 15.5. The highest BCUT2D eigenvalue weighted by Crippen LogP contribution is 2.14. The van der Waals surface area contributed by atoms with Gasteiger partial charge in [-0.15, -0.1) is 6.42 Å². The molecule has 0 aliphatic carbocycles. The lowest BCUT2D eigenvalue weighted by molar-refractivity contribution is 0.520. The van der Waals surface area contributed by atoms with E-state index in [-0.39, 0.29) is 10.9 Å². The highest BCUT2D eigenvalue weighted by molar-refractivity contribution is 7.89. The summed E-state index contributed by atoms with van der Waals surface area (Å²) in [6.07, 6.45) is 8.54. The predicted molar refractivity (Wildman–Crippen MR) is 76.3 cm³/mol. The van der Waals surface area contributed by atoms with Crippen molar-refractivity contribution in [3.8, 4) is 12.3 Å². The van der Waals surface area contributed by atoms with Crippen LogP contribution in [-0.4, -0.2) is 37.8 Å². The van der Waals surface area contributed by atoms with Crippen molar-refractivity contribution in [2.45, 2.75) is 30.7 Å². The van der Waals surface area contributed by atoms with E-state index in [1.807, 2.05) is 6.92 Å². The van der Waals surface area contributed by atoms with E-state index in [9.17, 15) is 8.42 Å². The molecule has 0 saturated heterocycles. The van der Waals surface area contributed by atoms with Crippen LogP contribution < -0.4 is 5.32 Å². The molecule has 1 atom stereocenters. The predicted octanol–water partition coefficient (Wildman–Crippen LogP) is 1.55. The third-order valence-corrected chi connectivity index (χ3v) is 4.41. The van der Waals surface area contributed by atoms with E-state index in [0.717, 1.165) is 17.1 Å². The Balaban J connectivity index is 2.86. The third kappa shape index (κ3) is 3.94. The summed E-state index contributed by atoms with van der Waals surface area (Å²) >= 11 is 0. The second kappa shape index (κ2) is 6.55. The minimum absolute atomic E-state index is 0.0891. The Morgan fingerprint density at radius 3 is 2.58 bits per heavy atom. The van der Waals surface area contributed by atoms with Crippen LogP contribution in [0.15, 0.2) is 23.2 Å². The molecule has 1 heterocycles. The van der Waals surface area contributed by atoms with Crippen molar-refractivity contribution >= 4 is 15.8 Å². The Labute approximate surface area is 115 Å². The van der Waals surface area contributed by atoms with Gasteiger partial charge < -0.3 is 5.32 Å². The first-order valence-electron chi connectivity index (χ1n) is 6.03. The highest BCUT2D eigenvalue weighted by atomic mass is 32.2. The van der Waals surface area contributed by atoms with E-state index >= 15 is 0 Å². The van der Waals surface area contributed by atoms with Crippen LogP contribution in [0.3, 0.4) is 0 Å². The van der Waals surface area contributed by atoms with Crippen molar-refractivity contribution in [1.82, 2.24) is 9.29 Å². The molecule has 0 aromatic carbocycles. The monoisotopic (exact) mass is 281 g/mol. The van der Waals surface area contributed by atoms with Crippen LogP contribution in [0.1, 0.15) is 19.8 Å². The molecule has 0 aliphatic rings. The second-order valence-electron chi connectivity index (χ2n) is 4.32. The molecule has 6 heteroatoms. The maximum absolute atomic E-state index is 11.9. The van der Waals surface area contributed by atoms with Gasteiger partial charge >= 0.3 is 0 Å². The summed E-state index contributed by atoms with van der Waals surface area (Å²) in [6, 6.07) is 3.05. The van der Waals surface area contributed by atoms with Gasteiger partial charge in [-0.05, 0) is 18.6 Å². The average molecular weight is 281 g/mol. The van der Waals surface area contributed by atoms with E-state index in [0.29, 0.717) is 5.82 Å². The topological polar surface area (TPSA) is 62.3 Å². The molecule has 0 bridgehead atoms. The largest absolute Gasteiger partial charge is 0.356 e. The van der Waals surface area contributed by atoms with E-state index in [4.69, 9.17) is 6.42 Å². The smallest absolute Gasteiger partial charge is 0.244 e. The lowest BCUT2D eigenvalue weighted by atomic mass is 10.2. The molecule has 1 rings (SSSR count). The molecule has 19 heavy (non-hydrogen) atoms. The van der Waals surface area contributed by atoms with Crippen molar-refractivity contribution < 1.29 is 8.42 Å². The number of hydrogen-bond acceptors (Lipinski definition) is 4. The first-order valence-corrected chi connectivity index (χ1v) is 7.47. The van der Waals surface area contributed by atoms with Gasteiger partial charge in [-0.25, -0.2) is 17.7 Å². The number of nitrogens with zero attached hydrogens (tertiary/aromatic N) is 2. The third-order valence-electron chi connectivity index (χ3n) is 2.62. The SMILES string of the molecule is C#CC(CCC)Nc1ccc(S(=O)(=O)N(C)C)cn1. The molecule has 1 unspecified atom stereocenters. The van der Waals surface area contributed by atoms with E-state index in [1.165, 1.54) is 26.4 Å². The summed E-state index contributed by atoms with van der Waals surface area (Å²) in [6.45, 7) is 2.05. The molecule has 0 fully saturated rings. The molecule has 0 radical (unpaired) electrons. The standard InChI is InChI=1S/C13H19N3O2S/c1-5-7-11(6-2)15-13-9-8-12(10-14-13)19(17,18)16(3)4/h2,8-11H,5,7H2,1,3-4H3,(H,14,15). The number of nitrogens with one attached hydrogen (secondary N) is 1. The Morgan fingerprint density at radius 1 is 1.47 bits per heavy atom. The van der Waals surface area contributed by atoms with Crippen molar-refractivity contribution in [1.29, 1.82) is 0 Å². The number of pyridine rings is 1. The van der Waals surface area contributed by atoms with Crippen molar-refractivity contribution in [2.75, 3.05) is 19.4 Å². The van der Waals surface area contributed by atoms with Gasteiger partial charge in [0.1, 0.15) is 10.7 Å². The molecular weight excluding hydrogens is 262 g/mol. The quantitative estimate of drug-likeness (QED) is 0.804. The maximum atomic E-state index is 11.9. The van der Waals surface area contributed by atoms with Gasteiger partial charge in [0.2, 0.25) is 10.0 Å². The lowest BCUT2D eigenvalue weighted by Gasteiger charge is -2.14. The zero-order chi connectivity index (χ0) is 14.5. The molecule has 0 spiro atoms. The number of terminal acetylenes is 1. The fourth-order valence-electron chi connectivity index (χ4n) is 1.49. The van der Waals surface area contributed by atoms with Crippen LogP contribution in [0.4, 0.5) is 5.82 Å². The fourth-order valence-corrected chi connectivity index (χ4v) is 2.34. The van der Waals surface area contributed by atoms with Crippen LogP contribution in [0.2, 0.25) is 0 Å². The van der Waals surface area contributed by atoms with Crippen molar-refractivity contribution in [2.24, 2.45) is 0 Å². The van der Waals surface area contributed by atoms with Gasteiger partial charge in [0.25, 0.3) is 0 Å². The summed E-state index contributed by atoms with van der Waals surface area (Å²) in [5.74, 6) is 3.21. The minimum Gasteiger partial charge on any atom is -0.356 e. The maximum Gasteiger partial charge on any atom is 0.244 e. The van der Waals surface area contributed by atoms with Crippen molar-refractivity contribution in [3.63, 3.8) is 0 Å². The number of hydrogen-bond donors (Lipinski definition) is 1. The minimum atomic E-state index is -3.44. The van der Waals surface area contributed by atoms with Crippen LogP contribution in [0.25, 0.3) is 0 Å². The summed E-state index contributed by atoms with van der Waals surface area (Å²) < 4.78 is 24.9. The molecule has 5 nitrogen and oxygen atoms in total. The summed E-state index contributed by atoms with van der Waals surface area (Å²) in [7, 11) is -0.469. The molecule has 104 valence electrons. The summed E-state index contributed by atoms with van der Waals surface area (Å²) in [5.41, 5.74) is 0. The van der Waals surface area contributed by atoms with E-state index in [2.05, 4.69) is 16.2 Å². The normalized spacial score (nSPS) is 13.0. The number of aromatic nitrogens is 1. The molecule has 1 aromatic rings. The van der Waals surface area contributed by atoms with Gasteiger partial charge in [0.15, 0.2) is 0 Å². The average Bonchev–Trinajstić information content (AvgIpc) is 2.38. The zero-order valence-corrected chi connectivity index (χ0v) is 12.2. The Bertz CT molecular complexity index is 544. The summed E-state index contributed by atoms with van der Waals surface area (Å²) in [5, 5.41) is 3.08. The molecule has 0 amide bonds. The van der Waals surface area contributed by atoms with Gasteiger partial charge in [-0.1, -0.05) is 19.3 Å². The molecular formula is C13H19N3O2S. The van der Waals surface area contributed by atoms with E-state index in [1.54, 1.807) is 6.07 Å². The van der Waals surface area contributed by atoms with Crippen molar-refractivity contribution in [3.05, 3.63) is 18.3 Å². The number of sulfonamides is 1.